The van der Waals surface area contributed by atoms with Crippen molar-refractivity contribution in [3.63, 3.8) is 0 Å². The van der Waals surface area contributed by atoms with Gasteiger partial charge in [-0.25, -0.2) is 13.2 Å². The number of esters is 1. The van der Waals surface area contributed by atoms with Crippen LogP contribution in [0.15, 0.2) is 59.5 Å². The van der Waals surface area contributed by atoms with Crippen LogP contribution in [0.3, 0.4) is 0 Å². The second-order valence-corrected chi connectivity index (χ2v) is 9.94. The highest BCUT2D eigenvalue weighted by Gasteiger charge is 2.33. The molecule has 1 amide bonds. The van der Waals surface area contributed by atoms with Gasteiger partial charge in [0, 0.05) is 13.1 Å². The Bertz CT molecular complexity index is 1030. The molecular weight excluding hydrogens is 416 g/mol. The van der Waals surface area contributed by atoms with Crippen molar-refractivity contribution in [2.24, 2.45) is 5.92 Å². The van der Waals surface area contributed by atoms with E-state index in [1.54, 1.807) is 0 Å². The van der Waals surface area contributed by atoms with Gasteiger partial charge in [0.1, 0.15) is 0 Å². The highest BCUT2D eigenvalue weighted by molar-refractivity contribution is 7.89. The summed E-state index contributed by atoms with van der Waals surface area (Å²) in [4.78, 5) is 24.8. The Morgan fingerprint density at radius 2 is 1.65 bits per heavy atom. The van der Waals surface area contributed by atoms with Gasteiger partial charge in [0.2, 0.25) is 10.0 Å². The topological polar surface area (TPSA) is 92.8 Å². The number of benzene rings is 2. The summed E-state index contributed by atoms with van der Waals surface area (Å²) in [5.41, 5.74) is 1.24. The highest BCUT2D eigenvalue weighted by atomic mass is 32.2. The van der Waals surface area contributed by atoms with Crippen LogP contribution in [0.5, 0.6) is 0 Å². The zero-order chi connectivity index (χ0) is 21.8. The number of sulfonamides is 1. The largest absolute Gasteiger partial charge is 0.452 e. The Morgan fingerprint density at radius 1 is 1.00 bits per heavy atom. The summed E-state index contributed by atoms with van der Waals surface area (Å²) in [5, 5.41) is 2.96. The fourth-order valence-corrected chi connectivity index (χ4v) is 5.35. The Morgan fingerprint density at radius 3 is 2.26 bits per heavy atom. The van der Waals surface area contributed by atoms with Gasteiger partial charge in [-0.2, -0.15) is 4.31 Å². The van der Waals surface area contributed by atoms with E-state index in [4.69, 9.17) is 4.74 Å². The maximum Gasteiger partial charge on any atom is 0.338 e. The third kappa shape index (κ3) is 5.14. The summed E-state index contributed by atoms with van der Waals surface area (Å²) in [7, 11) is -3.53. The van der Waals surface area contributed by atoms with E-state index in [0.29, 0.717) is 19.0 Å². The second-order valence-electron chi connectivity index (χ2n) is 8.01. The van der Waals surface area contributed by atoms with Crippen molar-refractivity contribution < 1.29 is 22.7 Å². The summed E-state index contributed by atoms with van der Waals surface area (Å²) in [6.07, 6.45) is 3.84. The monoisotopic (exact) mass is 442 g/mol. The maximum atomic E-state index is 12.6. The van der Waals surface area contributed by atoms with Crippen LogP contribution in [0.4, 0.5) is 0 Å². The van der Waals surface area contributed by atoms with E-state index in [1.807, 2.05) is 30.3 Å². The maximum absolute atomic E-state index is 12.6. The molecule has 1 atom stereocenters. The first kappa shape index (κ1) is 21.5. The normalized spacial score (nSPS) is 17.8. The van der Waals surface area contributed by atoms with Gasteiger partial charge >= 0.3 is 5.97 Å². The van der Waals surface area contributed by atoms with Crippen molar-refractivity contribution in [1.82, 2.24) is 9.62 Å². The molecule has 8 heteroatoms. The number of carbonyl (C=O) groups excluding carboxylic acids is 2. The summed E-state index contributed by atoms with van der Waals surface area (Å²) in [5.74, 6) is -0.613. The number of nitrogens with one attached hydrogen (secondary N) is 1. The first-order valence-electron chi connectivity index (χ1n) is 10.6. The van der Waals surface area contributed by atoms with Crippen LogP contribution < -0.4 is 5.32 Å². The van der Waals surface area contributed by atoms with E-state index in [0.717, 1.165) is 31.2 Å². The van der Waals surface area contributed by atoms with Crippen molar-refractivity contribution in [1.29, 1.82) is 0 Å². The van der Waals surface area contributed by atoms with Gasteiger partial charge < -0.3 is 10.1 Å². The number of amides is 1. The molecule has 7 nitrogen and oxygen atoms in total. The van der Waals surface area contributed by atoms with E-state index in [-0.39, 0.29) is 29.0 Å². The van der Waals surface area contributed by atoms with Gasteiger partial charge in [0.25, 0.3) is 5.91 Å². The molecule has 1 aliphatic heterocycles. The molecule has 1 saturated heterocycles. The molecule has 1 heterocycles. The fourth-order valence-electron chi connectivity index (χ4n) is 3.83. The summed E-state index contributed by atoms with van der Waals surface area (Å²) in [6.45, 7) is 0.654. The van der Waals surface area contributed by atoms with Crippen molar-refractivity contribution in [2.45, 2.75) is 36.6 Å². The van der Waals surface area contributed by atoms with Crippen LogP contribution in [0.25, 0.3) is 0 Å². The molecule has 1 N–H and O–H groups in total. The molecule has 2 aromatic carbocycles. The van der Waals surface area contributed by atoms with Crippen LogP contribution in [0.2, 0.25) is 0 Å². The molecule has 0 radical (unpaired) electrons. The van der Waals surface area contributed by atoms with Gasteiger partial charge in [0.05, 0.1) is 16.5 Å². The first-order valence-corrected chi connectivity index (χ1v) is 12.0. The molecule has 2 fully saturated rings. The third-order valence-electron chi connectivity index (χ3n) is 5.70. The lowest BCUT2D eigenvalue weighted by atomic mass is 10.0. The third-order valence-corrected chi connectivity index (χ3v) is 7.61. The summed E-state index contributed by atoms with van der Waals surface area (Å²) >= 11 is 0. The van der Waals surface area contributed by atoms with E-state index in [2.05, 4.69) is 5.32 Å². The number of carbonyl (C=O) groups is 2. The van der Waals surface area contributed by atoms with Crippen LogP contribution in [-0.4, -0.2) is 44.3 Å². The fraction of sp³-hybridized carbons (Fsp3) is 0.391. The lowest BCUT2D eigenvalue weighted by Crippen LogP contribution is -2.33. The second kappa shape index (κ2) is 9.20. The molecular formula is C23H26N2O5S. The minimum atomic E-state index is -3.53. The average Bonchev–Trinajstić information content (AvgIpc) is 3.47. The predicted molar refractivity (Wildman–Crippen MR) is 115 cm³/mol. The van der Waals surface area contributed by atoms with E-state index in [9.17, 15) is 18.0 Å². The molecule has 0 bridgehead atoms. The van der Waals surface area contributed by atoms with Gasteiger partial charge in [-0.05, 0) is 61.4 Å². The summed E-state index contributed by atoms with van der Waals surface area (Å²) < 4.78 is 31.7. The molecule has 0 spiro atoms. The molecule has 4 rings (SSSR count). The van der Waals surface area contributed by atoms with Gasteiger partial charge in [-0.3, -0.25) is 4.79 Å². The molecule has 31 heavy (non-hydrogen) atoms. The standard InChI is InChI=1S/C23H26N2O5S/c26-21(24-22(18-8-9-18)17-6-2-1-3-7-17)16-30-23(27)19-10-12-20(13-11-19)31(28,29)25-14-4-5-15-25/h1-3,6-7,10-13,18,22H,4-5,8-9,14-16H2,(H,24,26). The SMILES string of the molecule is O=C(COC(=O)c1ccc(S(=O)(=O)N2CCCC2)cc1)NC(c1ccccc1)C1CC1. The predicted octanol–water partition coefficient (Wildman–Crippen LogP) is 2.90. The van der Waals surface area contributed by atoms with Gasteiger partial charge in [0.15, 0.2) is 6.61 Å². The number of nitrogens with zero attached hydrogens (tertiary/aromatic N) is 1. The number of ether oxygens (including phenoxy) is 1. The lowest BCUT2D eigenvalue weighted by Gasteiger charge is -2.18. The first-order chi connectivity index (χ1) is 14.9. The number of hydrogen-bond acceptors (Lipinski definition) is 5. The van der Waals surface area contributed by atoms with E-state index >= 15 is 0 Å². The Labute approximate surface area is 182 Å². The molecule has 2 aromatic rings. The Hall–Kier alpha value is -2.71. The van der Waals surface area contributed by atoms with E-state index in [1.165, 1.54) is 28.6 Å². The molecule has 164 valence electrons. The summed E-state index contributed by atoms with van der Waals surface area (Å²) in [6, 6.07) is 15.3. The molecule has 2 aliphatic rings. The smallest absolute Gasteiger partial charge is 0.338 e. The van der Waals surface area contributed by atoms with Gasteiger partial charge in [-0.15, -0.1) is 0 Å². The molecule has 0 aromatic heterocycles. The van der Waals surface area contributed by atoms with E-state index < -0.39 is 16.0 Å². The molecule has 1 unspecified atom stereocenters. The zero-order valence-corrected chi connectivity index (χ0v) is 18.0. The van der Waals surface area contributed by atoms with Crippen molar-refractivity contribution in [3.8, 4) is 0 Å². The number of rotatable bonds is 8. The van der Waals surface area contributed by atoms with Crippen LogP contribution in [0, 0.1) is 5.92 Å². The quantitative estimate of drug-likeness (QED) is 0.635. The minimum absolute atomic E-state index is 0.0810. The number of hydrogen-bond donors (Lipinski definition) is 1. The zero-order valence-electron chi connectivity index (χ0n) is 17.2. The van der Waals surface area contributed by atoms with Crippen LogP contribution >= 0.6 is 0 Å². The van der Waals surface area contributed by atoms with Crippen molar-refractivity contribution in [3.05, 3.63) is 65.7 Å². The lowest BCUT2D eigenvalue weighted by molar-refractivity contribution is -0.125. The minimum Gasteiger partial charge on any atom is -0.452 e. The Kier molecular flexibility index (Phi) is 6.38. The highest BCUT2D eigenvalue weighted by Crippen LogP contribution is 2.40. The van der Waals surface area contributed by atoms with Gasteiger partial charge in [-0.1, -0.05) is 30.3 Å². The van der Waals surface area contributed by atoms with Crippen molar-refractivity contribution in [2.75, 3.05) is 19.7 Å². The molecule has 1 aliphatic carbocycles. The Balaban J connectivity index is 1.32. The average molecular weight is 443 g/mol. The molecule has 1 saturated carbocycles. The van der Waals surface area contributed by atoms with Crippen LogP contribution in [0.1, 0.15) is 47.6 Å². The van der Waals surface area contributed by atoms with Crippen LogP contribution in [-0.2, 0) is 19.6 Å². The van der Waals surface area contributed by atoms with Crippen molar-refractivity contribution >= 4 is 21.9 Å².